The monoisotopic (exact) mass is 198 g/mol. The molecule has 2 saturated carbocycles. The Morgan fingerprint density at radius 3 is 2.64 bits per heavy atom. The number of aliphatic carboxylic acids is 1. The molecule has 0 aromatic carbocycles. The molecule has 0 unspecified atom stereocenters. The van der Waals surface area contributed by atoms with E-state index in [0.29, 0.717) is 17.9 Å². The van der Waals surface area contributed by atoms with Crippen LogP contribution in [0.25, 0.3) is 0 Å². The van der Waals surface area contributed by atoms with Crippen LogP contribution in [0.5, 0.6) is 0 Å². The molecule has 3 nitrogen and oxygen atoms in total. The van der Waals surface area contributed by atoms with Crippen molar-refractivity contribution in [3.05, 3.63) is 0 Å². The molecule has 1 N–H and O–H groups in total. The molecule has 14 heavy (non-hydrogen) atoms. The van der Waals surface area contributed by atoms with Gasteiger partial charge in [0.15, 0.2) is 0 Å². The predicted molar refractivity (Wildman–Crippen MR) is 52.0 cm³/mol. The van der Waals surface area contributed by atoms with Crippen LogP contribution in [0, 0.1) is 17.8 Å². The fraction of sp³-hybridized carbons (Fsp3) is 0.909. The van der Waals surface area contributed by atoms with Crippen LogP contribution < -0.4 is 0 Å². The Hall–Kier alpha value is -0.570. The molecule has 0 saturated heterocycles. The Balaban J connectivity index is 2.00. The number of carbonyl (C=O) groups is 1. The van der Waals surface area contributed by atoms with Crippen molar-refractivity contribution in [3.8, 4) is 0 Å². The fourth-order valence-electron chi connectivity index (χ4n) is 3.27. The van der Waals surface area contributed by atoms with Crippen molar-refractivity contribution in [1.82, 2.24) is 0 Å². The highest BCUT2D eigenvalue weighted by Gasteiger charge is 2.47. The minimum atomic E-state index is -0.602. The van der Waals surface area contributed by atoms with Crippen LogP contribution in [0.1, 0.15) is 32.6 Å². The van der Waals surface area contributed by atoms with Gasteiger partial charge < -0.3 is 9.84 Å². The van der Waals surface area contributed by atoms with Crippen LogP contribution in [0.4, 0.5) is 0 Å². The molecule has 0 aliphatic heterocycles. The maximum Gasteiger partial charge on any atom is 0.306 e. The topological polar surface area (TPSA) is 46.5 Å². The van der Waals surface area contributed by atoms with Crippen molar-refractivity contribution in [2.24, 2.45) is 17.8 Å². The average molecular weight is 198 g/mol. The van der Waals surface area contributed by atoms with Crippen molar-refractivity contribution < 1.29 is 14.6 Å². The second-order valence-electron chi connectivity index (χ2n) is 4.42. The van der Waals surface area contributed by atoms with Crippen LogP contribution >= 0.6 is 0 Å². The summed E-state index contributed by atoms with van der Waals surface area (Å²) in [6.45, 7) is 2.77. The molecule has 0 radical (unpaired) electrons. The summed E-state index contributed by atoms with van der Waals surface area (Å²) < 4.78 is 5.65. The lowest BCUT2D eigenvalue weighted by molar-refractivity contribution is -0.143. The third-order valence-corrected chi connectivity index (χ3v) is 3.84. The van der Waals surface area contributed by atoms with Gasteiger partial charge in [-0.05, 0) is 44.4 Å². The van der Waals surface area contributed by atoms with Gasteiger partial charge >= 0.3 is 5.97 Å². The van der Waals surface area contributed by atoms with Gasteiger partial charge in [0.25, 0.3) is 0 Å². The number of carboxylic acids is 1. The zero-order chi connectivity index (χ0) is 10.1. The van der Waals surface area contributed by atoms with E-state index in [4.69, 9.17) is 9.84 Å². The average Bonchev–Trinajstić information content (AvgIpc) is 2.67. The Morgan fingerprint density at radius 1 is 1.29 bits per heavy atom. The maximum atomic E-state index is 11.0. The van der Waals surface area contributed by atoms with E-state index in [9.17, 15) is 4.79 Å². The van der Waals surface area contributed by atoms with Gasteiger partial charge in [-0.25, -0.2) is 0 Å². The lowest BCUT2D eigenvalue weighted by Crippen LogP contribution is -2.22. The molecule has 2 aliphatic carbocycles. The lowest BCUT2D eigenvalue weighted by Gasteiger charge is -2.18. The largest absolute Gasteiger partial charge is 0.481 e. The van der Waals surface area contributed by atoms with E-state index in [1.54, 1.807) is 0 Å². The number of hydrogen-bond donors (Lipinski definition) is 1. The number of rotatable bonds is 3. The van der Waals surface area contributed by atoms with Gasteiger partial charge in [-0.15, -0.1) is 0 Å². The third kappa shape index (κ3) is 1.54. The minimum Gasteiger partial charge on any atom is -0.481 e. The highest BCUT2D eigenvalue weighted by Crippen LogP contribution is 2.48. The van der Waals surface area contributed by atoms with Crippen molar-refractivity contribution >= 4 is 5.97 Å². The molecule has 2 rings (SSSR count). The van der Waals surface area contributed by atoms with E-state index in [0.717, 1.165) is 32.3 Å². The molecular formula is C11H18O3. The predicted octanol–water partition coefficient (Wildman–Crippen LogP) is 1.91. The van der Waals surface area contributed by atoms with Crippen molar-refractivity contribution in [1.29, 1.82) is 0 Å². The second-order valence-corrected chi connectivity index (χ2v) is 4.42. The van der Waals surface area contributed by atoms with Crippen LogP contribution in [-0.2, 0) is 9.53 Å². The molecule has 0 aromatic rings. The van der Waals surface area contributed by atoms with Gasteiger partial charge in [-0.2, -0.15) is 0 Å². The van der Waals surface area contributed by atoms with Crippen LogP contribution in [0.2, 0.25) is 0 Å². The summed E-state index contributed by atoms with van der Waals surface area (Å²) >= 11 is 0. The van der Waals surface area contributed by atoms with E-state index < -0.39 is 5.97 Å². The van der Waals surface area contributed by atoms with Crippen molar-refractivity contribution in [2.45, 2.75) is 38.7 Å². The van der Waals surface area contributed by atoms with Crippen LogP contribution in [-0.4, -0.2) is 23.8 Å². The van der Waals surface area contributed by atoms with Gasteiger partial charge in [0.1, 0.15) is 0 Å². The first-order chi connectivity index (χ1) is 6.74. The number of fused-ring (bicyclic) bond motifs is 1. The molecule has 2 fully saturated rings. The van der Waals surface area contributed by atoms with Gasteiger partial charge in [0.2, 0.25) is 0 Å². The molecule has 0 aromatic heterocycles. The number of hydrogen-bond acceptors (Lipinski definition) is 2. The maximum absolute atomic E-state index is 11.0. The molecule has 2 aliphatic rings. The molecule has 0 spiro atoms. The number of carboxylic acid groups (broad SMARTS) is 1. The zero-order valence-electron chi connectivity index (χ0n) is 8.61. The quantitative estimate of drug-likeness (QED) is 0.753. The van der Waals surface area contributed by atoms with Crippen LogP contribution in [0.3, 0.4) is 0 Å². The highest BCUT2D eigenvalue weighted by atomic mass is 16.5. The first kappa shape index (κ1) is 9.97. The Morgan fingerprint density at radius 2 is 2.00 bits per heavy atom. The van der Waals surface area contributed by atoms with E-state index >= 15 is 0 Å². The molecule has 3 heteroatoms. The molecule has 0 amide bonds. The normalized spacial score (nSPS) is 41.2. The van der Waals surface area contributed by atoms with Gasteiger partial charge in [-0.1, -0.05) is 0 Å². The highest BCUT2D eigenvalue weighted by molar-refractivity contribution is 5.70. The van der Waals surface area contributed by atoms with E-state index in [2.05, 4.69) is 0 Å². The van der Waals surface area contributed by atoms with Gasteiger partial charge in [-0.3, -0.25) is 4.79 Å². The first-order valence-corrected chi connectivity index (χ1v) is 5.58. The fourth-order valence-corrected chi connectivity index (χ4v) is 3.27. The minimum absolute atomic E-state index is 0.0922. The standard InChI is InChI=1S/C11H18O3/c1-2-14-10-6-5-7-8(10)3-4-9(7)11(12)13/h7-10H,2-6H2,1H3,(H,12,13)/t7-,8-,9+,10-/m0/s1. The Labute approximate surface area is 84.4 Å². The molecular weight excluding hydrogens is 180 g/mol. The summed E-state index contributed by atoms with van der Waals surface area (Å²) in [5, 5.41) is 9.04. The van der Waals surface area contributed by atoms with Crippen molar-refractivity contribution in [3.63, 3.8) is 0 Å². The number of ether oxygens (including phenoxy) is 1. The second kappa shape index (κ2) is 3.89. The molecule has 0 heterocycles. The van der Waals surface area contributed by atoms with Crippen molar-refractivity contribution in [2.75, 3.05) is 6.61 Å². The summed E-state index contributed by atoms with van der Waals surface area (Å²) in [6.07, 6.45) is 4.36. The van der Waals surface area contributed by atoms with E-state index in [-0.39, 0.29) is 5.92 Å². The smallest absolute Gasteiger partial charge is 0.306 e. The Bertz CT molecular complexity index is 227. The molecule has 4 atom stereocenters. The van der Waals surface area contributed by atoms with Gasteiger partial charge in [0.05, 0.1) is 12.0 Å². The zero-order valence-corrected chi connectivity index (χ0v) is 8.61. The lowest BCUT2D eigenvalue weighted by atomic mass is 9.92. The Kier molecular flexibility index (Phi) is 2.77. The SMILES string of the molecule is CCO[C@H]1CC[C@H]2[C@@H]1CC[C@H]2C(=O)O. The summed E-state index contributed by atoms with van der Waals surface area (Å²) in [5.41, 5.74) is 0. The van der Waals surface area contributed by atoms with Crippen LogP contribution in [0.15, 0.2) is 0 Å². The third-order valence-electron chi connectivity index (χ3n) is 3.84. The summed E-state index contributed by atoms with van der Waals surface area (Å²) in [6, 6.07) is 0. The van der Waals surface area contributed by atoms with E-state index in [1.807, 2.05) is 6.92 Å². The summed E-state index contributed by atoms with van der Waals surface area (Å²) in [4.78, 5) is 11.0. The molecule has 80 valence electrons. The summed E-state index contributed by atoms with van der Waals surface area (Å²) in [5.74, 6) is 0.222. The summed E-state index contributed by atoms with van der Waals surface area (Å²) in [7, 11) is 0. The van der Waals surface area contributed by atoms with Gasteiger partial charge in [0, 0.05) is 6.61 Å². The van der Waals surface area contributed by atoms with E-state index in [1.165, 1.54) is 0 Å². The first-order valence-electron chi connectivity index (χ1n) is 5.58. The molecule has 0 bridgehead atoms.